The fourth-order valence-corrected chi connectivity index (χ4v) is 2.27. The predicted octanol–water partition coefficient (Wildman–Crippen LogP) is 3.81. The van der Waals surface area contributed by atoms with E-state index in [0.29, 0.717) is 12.2 Å². The Kier molecular flexibility index (Phi) is 5.21. The van der Waals surface area contributed by atoms with E-state index in [4.69, 9.17) is 4.74 Å². The van der Waals surface area contributed by atoms with Crippen LogP contribution in [0.1, 0.15) is 34.0 Å². The summed E-state index contributed by atoms with van der Waals surface area (Å²) in [7, 11) is 0. The monoisotopic (exact) mass is 297 g/mol. The van der Waals surface area contributed by atoms with Crippen LogP contribution in [0.4, 0.5) is 0 Å². The van der Waals surface area contributed by atoms with Crippen molar-refractivity contribution in [3.8, 4) is 5.75 Å². The fraction of sp³-hybridized carbons (Fsp3) is 0.316. The van der Waals surface area contributed by atoms with Gasteiger partial charge in [-0.25, -0.2) is 0 Å². The summed E-state index contributed by atoms with van der Waals surface area (Å²) in [5.41, 5.74) is 4.06. The lowest BCUT2D eigenvalue weighted by molar-refractivity contribution is 0.0926. The molecule has 3 nitrogen and oxygen atoms in total. The van der Waals surface area contributed by atoms with Crippen LogP contribution in [0, 0.1) is 20.8 Å². The molecule has 22 heavy (non-hydrogen) atoms. The first-order valence-corrected chi connectivity index (χ1v) is 7.53. The zero-order chi connectivity index (χ0) is 16.1. The average molecular weight is 297 g/mol. The molecule has 0 heterocycles. The normalized spacial score (nSPS) is 11.8. The highest BCUT2D eigenvalue weighted by molar-refractivity contribution is 5.95. The number of nitrogens with one attached hydrogen (secondary N) is 1. The molecule has 0 saturated carbocycles. The summed E-state index contributed by atoms with van der Waals surface area (Å²) in [6.07, 6.45) is 0. The van der Waals surface area contributed by atoms with E-state index < -0.39 is 0 Å². The molecule has 0 radical (unpaired) electrons. The zero-order valence-corrected chi connectivity index (χ0v) is 13.6. The second kappa shape index (κ2) is 7.12. The van der Waals surface area contributed by atoms with Crippen molar-refractivity contribution >= 4 is 5.91 Å². The van der Waals surface area contributed by atoms with Crippen molar-refractivity contribution in [1.29, 1.82) is 0 Å². The van der Waals surface area contributed by atoms with E-state index in [1.807, 2.05) is 70.2 Å². The molecule has 0 aliphatic rings. The van der Waals surface area contributed by atoms with Crippen LogP contribution in [0.15, 0.2) is 42.5 Å². The van der Waals surface area contributed by atoms with Crippen molar-refractivity contribution in [3.05, 3.63) is 64.7 Å². The minimum absolute atomic E-state index is 0.0579. The third kappa shape index (κ3) is 4.35. The third-order valence-corrected chi connectivity index (χ3v) is 3.53. The van der Waals surface area contributed by atoms with E-state index in [0.717, 1.165) is 16.9 Å². The number of hydrogen-bond acceptors (Lipinski definition) is 2. The predicted molar refractivity (Wildman–Crippen MR) is 89.5 cm³/mol. The number of carbonyl (C=O) groups is 1. The van der Waals surface area contributed by atoms with Crippen molar-refractivity contribution in [3.63, 3.8) is 0 Å². The molecule has 2 rings (SSSR count). The molecular weight excluding hydrogens is 274 g/mol. The average Bonchev–Trinajstić information content (AvgIpc) is 2.46. The number of amides is 1. The van der Waals surface area contributed by atoms with Crippen LogP contribution in [-0.2, 0) is 0 Å². The van der Waals surface area contributed by atoms with Gasteiger partial charge in [-0.05, 0) is 51.5 Å². The molecule has 2 aromatic rings. The van der Waals surface area contributed by atoms with Crippen molar-refractivity contribution in [2.45, 2.75) is 33.7 Å². The SMILES string of the molecule is Cc1ccc(OC[C@@H](C)NC(=O)c2ccc(C)cc2C)cc1. The molecule has 116 valence electrons. The lowest BCUT2D eigenvalue weighted by Crippen LogP contribution is -2.37. The number of aryl methyl sites for hydroxylation is 3. The highest BCUT2D eigenvalue weighted by Crippen LogP contribution is 2.13. The van der Waals surface area contributed by atoms with Crippen LogP contribution in [0.2, 0.25) is 0 Å². The molecule has 3 heteroatoms. The van der Waals surface area contributed by atoms with Gasteiger partial charge in [0, 0.05) is 5.56 Å². The Morgan fingerprint density at radius 1 is 1.05 bits per heavy atom. The molecule has 1 atom stereocenters. The molecule has 0 bridgehead atoms. The Balaban J connectivity index is 1.89. The number of hydrogen-bond donors (Lipinski definition) is 1. The summed E-state index contributed by atoms with van der Waals surface area (Å²) in [5, 5.41) is 2.97. The van der Waals surface area contributed by atoms with E-state index in [1.54, 1.807) is 0 Å². The van der Waals surface area contributed by atoms with Gasteiger partial charge in [0.05, 0.1) is 6.04 Å². The highest BCUT2D eigenvalue weighted by Gasteiger charge is 2.12. The second-order valence-electron chi connectivity index (χ2n) is 5.82. The Morgan fingerprint density at radius 3 is 2.32 bits per heavy atom. The minimum Gasteiger partial charge on any atom is -0.491 e. The summed E-state index contributed by atoms with van der Waals surface area (Å²) in [6.45, 7) is 8.40. The largest absolute Gasteiger partial charge is 0.491 e. The van der Waals surface area contributed by atoms with Gasteiger partial charge in [0.15, 0.2) is 0 Å². The summed E-state index contributed by atoms with van der Waals surface area (Å²) < 4.78 is 5.69. The van der Waals surface area contributed by atoms with E-state index >= 15 is 0 Å². The second-order valence-corrected chi connectivity index (χ2v) is 5.82. The van der Waals surface area contributed by atoms with Crippen LogP contribution in [0.5, 0.6) is 5.75 Å². The molecule has 0 aromatic heterocycles. The molecule has 0 spiro atoms. The molecule has 0 saturated heterocycles. The fourth-order valence-electron chi connectivity index (χ4n) is 2.27. The Bertz CT molecular complexity index is 647. The van der Waals surface area contributed by atoms with Crippen LogP contribution in [0.25, 0.3) is 0 Å². The molecule has 0 aliphatic heterocycles. The maximum absolute atomic E-state index is 12.3. The van der Waals surface area contributed by atoms with E-state index in [2.05, 4.69) is 5.32 Å². The minimum atomic E-state index is -0.0606. The van der Waals surface area contributed by atoms with Gasteiger partial charge >= 0.3 is 0 Å². The zero-order valence-electron chi connectivity index (χ0n) is 13.6. The molecule has 1 amide bonds. The first kappa shape index (κ1) is 16.1. The van der Waals surface area contributed by atoms with E-state index in [9.17, 15) is 4.79 Å². The van der Waals surface area contributed by atoms with Gasteiger partial charge in [-0.15, -0.1) is 0 Å². The first-order valence-electron chi connectivity index (χ1n) is 7.53. The van der Waals surface area contributed by atoms with Crippen molar-refractivity contribution in [2.75, 3.05) is 6.61 Å². The summed E-state index contributed by atoms with van der Waals surface area (Å²) in [4.78, 5) is 12.3. The molecule has 0 unspecified atom stereocenters. The van der Waals surface area contributed by atoms with Crippen LogP contribution in [0.3, 0.4) is 0 Å². The molecule has 0 aliphatic carbocycles. The number of rotatable bonds is 5. The maximum Gasteiger partial charge on any atom is 0.251 e. The van der Waals surface area contributed by atoms with Gasteiger partial charge in [0.2, 0.25) is 0 Å². The van der Waals surface area contributed by atoms with Crippen LogP contribution < -0.4 is 10.1 Å². The van der Waals surface area contributed by atoms with Gasteiger partial charge in [-0.1, -0.05) is 35.4 Å². The summed E-state index contributed by atoms with van der Waals surface area (Å²) >= 11 is 0. The van der Waals surface area contributed by atoms with E-state index in [-0.39, 0.29) is 11.9 Å². The van der Waals surface area contributed by atoms with Crippen LogP contribution in [-0.4, -0.2) is 18.6 Å². The van der Waals surface area contributed by atoms with Crippen molar-refractivity contribution in [1.82, 2.24) is 5.32 Å². The van der Waals surface area contributed by atoms with Crippen molar-refractivity contribution in [2.24, 2.45) is 0 Å². The quantitative estimate of drug-likeness (QED) is 0.911. The number of ether oxygens (including phenoxy) is 1. The number of carbonyl (C=O) groups excluding carboxylic acids is 1. The topological polar surface area (TPSA) is 38.3 Å². The van der Waals surface area contributed by atoms with Gasteiger partial charge in [-0.3, -0.25) is 4.79 Å². The maximum atomic E-state index is 12.3. The Hall–Kier alpha value is -2.29. The van der Waals surface area contributed by atoms with Gasteiger partial charge in [0.1, 0.15) is 12.4 Å². The number of benzene rings is 2. The molecular formula is C19H23NO2. The molecule has 1 N–H and O–H groups in total. The van der Waals surface area contributed by atoms with Crippen molar-refractivity contribution < 1.29 is 9.53 Å². The standard InChI is InChI=1S/C19H23NO2/c1-13-5-8-17(9-6-13)22-12-16(4)20-19(21)18-10-7-14(2)11-15(18)3/h5-11,16H,12H2,1-4H3,(H,20,21)/t16-/m1/s1. The van der Waals surface area contributed by atoms with Gasteiger partial charge in [-0.2, -0.15) is 0 Å². The Labute approximate surface area is 132 Å². The summed E-state index contributed by atoms with van der Waals surface area (Å²) in [5.74, 6) is 0.760. The lowest BCUT2D eigenvalue weighted by atomic mass is 10.1. The highest BCUT2D eigenvalue weighted by atomic mass is 16.5. The van der Waals surface area contributed by atoms with Crippen LogP contribution >= 0.6 is 0 Å². The third-order valence-electron chi connectivity index (χ3n) is 3.53. The lowest BCUT2D eigenvalue weighted by Gasteiger charge is -2.16. The molecule has 2 aromatic carbocycles. The van der Waals surface area contributed by atoms with E-state index in [1.165, 1.54) is 5.56 Å². The van der Waals surface area contributed by atoms with Gasteiger partial charge in [0.25, 0.3) is 5.91 Å². The first-order chi connectivity index (χ1) is 10.5. The smallest absolute Gasteiger partial charge is 0.251 e. The molecule has 0 fully saturated rings. The van der Waals surface area contributed by atoms with Gasteiger partial charge < -0.3 is 10.1 Å². The summed E-state index contributed by atoms with van der Waals surface area (Å²) in [6, 6.07) is 13.7. The Morgan fingerprint density at radius 2 is 1.68 bits per heavy atom.